The topological polar surface area (TPSA) is 24.9 Å². The summed E-state index contributed by atoms with van der Waals surface area (Å²) in [6, 6.07) is 4.75. The highest BCUT2D eigenvalue weighted by Crippen LogP contribution is 2.11. The fourth-order valence-corrected chi connectivity index (χ4v) is 2.67. The Morgan fingerprint density at radius 2 is 1.94 bits per heavy atom. The lowest BCUT2D eigenvalue weighted by Crippen LogP contribution is -2.30. The molecule has 0 radical (unpaired) electrons. The predicted molar refractivity (Wildman–Crippen MR) is 73.0 cm³/mol. The molecule has 0 fully saturated rings. The van der Waals surface area contributed by atoms with Crippen molar-refractivity contribution in [3.8, 4) is 0 Å². The summed E-state index contributed by atoms with van der Waals surface area (Å²) in [5, 5.41) is 3.38. The minimum absolute atomic E-state index is 0.561. The van der Waals surface area contributed by atoms with Gasteiger partial charge in [0.25, 0.3) is 0 Å². The standard InChI is InChI=1S/C13H22N2S/c1-11(2)9-16-10-13(14-3)8-12-4-6-15-7-5-12/h4-7,11,13-14H,8-10H2,1-3H3. The van der Waals surface area contributed by atoms with Crippen molar-refractivity contribution >= 4 is 11.8 Å². The molecule has 1 rings (SSSR count). The Morgan fingerprint density at radius 1 is 1.25 bits per heavy atom. The van der Waals surface area contributed by atoms with E-state index in [2.05, 4.69) is 36.3 Å². The Bertz CT molecular complexity index is 275. The summed E-state index contributed by atoms with van der Waals surface area (Å²) in [7, 11) is 2.04. The lowest BCUT2D eigenvalue weighted by atomic mass is 10.1. The number of pyridine rings is 1. The van der Waals surface area contributed by atoms with Gasteiger partial charge in [0.15, 0.2) is 0 Å². The molecule has 1 heterocycles. The van der Waals surface area contributed by atoms with Gasteiger partial charge >= 0.3 is 0 Å². The zero-order valence-corrected chi connectivity index (χ0v) is 11.3. The molecule has 1 aromatic rings. The van der Waals surface area contributed by atoms with E-state index in [1.807, 2.05) is 31.2 Å². The van der Waals surface area contributed by atoms with E-state index in [-0.39, 0.29) is 0 Å². The molecule has 90 valence electrons. The monoisotopic (exact) mass is 238 g/mol. The lowest BCUT2D eigenvalue weighted by molar-refractivity contribution is 0.615. The molecule has 1 atom stereocenters. The van der Waals surface area contributed by atoms with E-state index in [1.54, 1.807) is 0 Å². The van der Waals surface area contributed by atoms with Crippen LogP contribution in [0.3, 0.4) is 0 Å². The highest BCUT2D eigenvalue weighted by atomic mass is 32.2. The van der Waals surface area contributed by atoms with Crippen molar-refractivity contribution in [2.45, 2.75) is 26.3 Å². The number of nitrogens with zero attached hydrogens (tertiary/aromatic N) is 1. The average molecular weight is 238 g/mol. The number of hydrogen-bond acceptors (Lipinski definition) is 3. The minimum atomic E-state index is 0.561. The van der Waals surface area contributed by atoms with Gasteiger partial charge in [0, 0.05) is 24.2 Å². The number of likely N-dealkylation sites (N-methyl/N-ethyl adjacent to an activating group) is 1. The van der Waals surface area contributed by atoms with E-state index < -0.39 is 0 Å². The van der Waals surface area contributed by atoms with E-state index in [9.17, 15) is 0 Å². The maximum atomic E-state index is 4.04. The van der Waals surface area contributed by atoms with Gasteiger partial charge in [-0.1, -0.05) is 13.8 Å². The van der Waals surface area contributed by atoms with Gasteiger partial charge < -0.3 is 5.32 Å². The fourth-order valence-electron chi connectivity index (χ4n) is 1.49. The largest absolute Gasteiger partial charge is 0.316 e. The Morgan fingerprint density at radius 3 is 2.50 bits per heavy atom. The zero-order chi connectivity index (χ0) is 11.8. The first-order valence-electron chi connectivity index (χ1n) is 5.86. The second-order valence-corrected chi connectivity index (χ2v) is 5.55. The first-order valence-corrected chi connectivity index (χ1v) is 7.01. The third-order valence-corrected chi connectivity index (χ3v) is 3.95. The number of nitrogens with one attached hydrogen (secondary N) is 1. The van der Waals surface area contributed by atoms with Gasteiger partial charge in [-0.3, -0.25) is 4.98 Å². The van der Waals surface area contributed by atoms with E-state index >= 15 is 0 Å². The second-order valence-electron chi connectivity index (χ2n) is 4.48. The molecule has 0 saturated carbocycles. The van der Waals surface area contributed by atoms with Crippen LogP contribution in [0.2, 0.25) is 0 Å². The van der Waals surface area contributed by atoms with Crippen molar-refractivity contribution in [3.05, 3.63) is 30.1 Å². The molecule has 1 aromatic heterocycles. The van der Waals surface area contributed by atoms with Crippen LogP contribution in [0, 0.1) is 5.92 Å². The minimum Gasteiger partial charge on any atom is -0.316 e. The summed E-state index contributed by atoms with van der Waals surface area (Å²) in [6.45, 7) is 4.54. The lowest BCUT2D eigenvalue weighted by Gasteiger charge is -2.16. The molecular weight excluding hydrogens is 216 g/mol. The molecule has 0 aromatic carbocycles. The normalized spacial score (nSPS) is 13.0. The Hall–Kier alpha value is -0.540. The highest BCUT2D eigenvalue weighted by Gasteiger charge is 2.07. The number of hydrogen-bond donors (Lipinski definition) is 1. The Balaban J connectivity index is 2.32. The van der Waals surface area contributed by atoms with Crippen molar-refractivity contribution in [2.24, 2.45) is 5.92 Å². The van der Waals surface area contributed by atoms with Crippen molar-refractivity contribution in [1.29, 1.82) is 0 Å². The van der Waals surface area contributed by atoms with E-state index in [0.717, 1.165) is 12.3 Å². The first-order chi connectivity index (χ1) is 7.72. The first kappa shape index (κ1) is 13.5. The van der Waals surface area contributed by atoms with Crippen LogP contribution in [0.5, 0.6) is 0 Å². The molecule has 0 bridgehead atoms. The highest BCUT2D eigenvalue weighted by molar-refractivity contribution is 7.99. The molecule has 0 spiro atoms. The smallest absolute Gasteiger partial charge is 0.0270 e. The fraction of sp³-hybridized carbons (Fsp3) is 0.615. The molecule has 16 heavy (non-hydrogen) atoms. The summed E-state index contributed by atoms with van der Waals surface area (Å²) in [5.74, 6) is 3.20. The summed E-state index contributed by atoms with van der Waals surface area (Å²) in [6.07, 6.45) is 4.82. The van der Waals surface area contributed by atoms with Crippen LogP contribution in [0.15, 0.2) is 24.5 Å². The van der Waals surface area contributed by atoms with Gasteiger partial charge in [0.05, 0.1) is 0 Å². The number of thioether (sulfide) groups is 1. The predicted octanol–water partition coefficient (Wildman–Crippen LogP) is 2.60. The van der Waals surface area contributed by atoms with Crippen LogP contribution >= 0.6 is 11.8 Å². The van der Waals surface area contributed by atoms with Crippen LogP contribution in [0.25, 0.3) is 0 Å². The van der Waals surface area contributed by atoms with E-state index in [4.69, 9.17) is 0 Å². The van der Waals surface area contributed by atoms with Crippen molar-refractivity contribution in [2.75, 3.05) is 18.6 Å². The van der Waals surface area contributed by atoms with Crippen molar-refractivity contribution in [1.82, 2.24) is 10.3 Å². The third-order valence-electron chi connectivity index (χ3n) is 2.41. The van der Waals surface area contributed by atoms with Crippen LogP contribution in [-0.2, 0) is 6.42 Å². The third kappa shape index (κ3) is 5.52. The average Bonchev–Trinajstić information content (AvgIpc) is 2.28. The molecule has 0 amide bonds. The summed E-state index contributed by atoms with van der Waals surface area (Å²) >= 11 is 2.04. The molecule has 1 N–H and O–H groups in total. The molecule has 2 nitrogen and oxygen atoms in total. The number of aromatic nitrogens is 1. The zero-order valence-electron chi connectivity index (χ0n) is 10.4. The Kier molecular flexibility index (Phi) is 6.50. The molecule has 1 unspecified atom stereocenters. The molecule has 3 heteroatoms. The SMILES string of the molecule is CNC(CSCC(C)C)Cc1ccncc1. The van der Waals surface area contributed by atoms with Gasteiger partial charge in [-0.15, -0.1) is 0 Å². The second kappa shape index (κ2) is 7.69. The van der Waals surface area contributed by atoms with Gasteiger partial charge in [-0.05, 0) is 42.8 Å². The summed E-state index contributed by atoms with van der Waals surface area (Å²) in [4.78, 5) is 4.04. The van der Waals surface area contributed by atoms with Crippen LogP contribution < -0.4 is 5.32 Å². The molecule has 0 saturated heterocycles. The van der Waals surface area contributed by atoms with Crippen LogP contribution in [0.4, 0.5) is 0 Å². The quantitative estimate of drug-likeness (QED) is 0.790. The van der Waals surface area contributed by atoms with Gasteiger partial charge in [0.1, 0.15) is 0 Å². The van der Waals surface area contributed by atoms with Gasteiger partial charge in [0.2, 0.25) is 0 Å². The van der Waals surface area contributed by atoms with E-state index in [1.165, 1.54) is 17.1 Å². The molecule has 0 aliphatic heterocycles. The van der Waals surface area contributed by atoms with Gasteiger partial charge in [-0.2, -0.15) is 11.8 Å². The maximum Gasteiger partial charge on any atom is 0.0270 e. The summed E-state index contributed by atoms with van der Waals surface area (Å²) < 4.78 is 0. The van der Waals surface area contributed by atoms with E-state index in [0.29, 0.717) is 6.04 Å². The molecular formula is C13H22N2S. The Labute approximate surface area is 103 Å². The van der Waals surface area contributed by atoms with Crippen molar-refractivity contribution < 1.29 is 0 Å². The van der Waals surface area contributed by atoms with Crippen LogP contribution in [-0.4, -0.2) is 29.6 Å². The molecule has 0 aliphatic rings. The molecule has 0 aliphatic carbocycles. The number of rotatable bonds is 7. The van der Waals surface area contributed by atoms with Crippen molar-refractivity contribution in [3.63, 3.8) is 0 Å². The maximum absolute atomic E-state index is 4.04. The van der Waals surface area contributed by atoms with Gasteiger partial charge in [-0.25, -0.2) is 0 Å². The van der Waals surface area contributed by atoms with Crippen LogP contribution in [0.1, 0.15) is 19.4 Å². The summed E-state index contributed by atoms with van der Waals surface area (Å²) in [5.41, 5.74) is 1.36.